The Labute approximate surface area is 75.2 Å². The van der Waals surface area contributed by atoms with Gasteiger partial charge in [-0.1, -0.05) is 0 Å². The molecule has 4 nitrogen and oxygen atoms in total. The number of rotatable bonds is 0. The van der Waals surface area contributed by atoms with Crippen LogP contribution in [0.4, 0.5) is 0 Å². The summed E-state index contributed by atoms with van der Waals surface area (Å²) < 4.78 is 0. The van der Waals surface area contributed by atoms with E-state index in [0.29, 0.717) is 0 Å². The largest absolute Gasteiger partial charge is 0.302 e. The third kappa shape index (κ3) is 11.8. The van der Waals surface area contributed by atoms with E-state index in [2.05, 4.69) is 9.98 Å². The van der Waals surface area contributed by atoms with Crippen LogP contribution < -0.4 is 5.84 Å². The van der Waals surface area contributed by atoms with Gasteiger partial charge in [-0.2, -0.15) is 0 Å². The normalized spacial score (nSPS) is 9.75. The molecule has 0 aliphatic carbocycles. The van der Waals surface area contributed by atoms with Gasteiger partial charge >= 0.3 is 0 Å². The lowest BCUT2D eigenvalue weighted by Crippen LogP contribution is -2.30. The van der Waals surface area contributed by atoms with Crippen LogP contribution in [-0.4, -0.2) is 37.7 Å². The summed E-state index contributed by atoms with van der Waals surface area (Å²) in [6.45, 7) is 5.79. The second kappa shape index (κ2) is 8.20. The average Bonchev–Trinajstić information content (AvgIpc) is 2.04. The molecule has 0 aromatic carbocycles. The van der Waals surface area contributed by atoms with Gasteiger partial charge in [-0.05, 0) is 20.8 Å². The van der Waals surface area contributed by atoms with E-state index in [1.807, 2.05) is 20.8 Å². The Morgan fingerprint density at radius 3 is 1.42 bits per heavy atom. The highest BCUT2D eigenvalue weighted by Gasteiger charge is 1.85. The van der Waals surface area contributed by atoms with Crippen LogP contribution in [0.1, 0.15) is 20.8 Å². The van der Waals surface area contributed by atoms with Crippen molar-refractivity contribution in [2.75, 3.05) is 21.1 Å². The summed E-state index contributed by atoms with van der Waals surface area (Å²) in [6.07, 6.45) is 0. The van der Waals surface area contributed by atoms with Crippen molar-refractivity contribution in [1.29, 1.82) is 0 Å². The van der Waals surface area contributed by atoms with Crippen LogP contribution >= 0.6 is 0 Å². The van der Waals surface area contributed by atoms with Gasteiger partial charge in [0, 0.05) is 26.9 Å². The van der Waals surface area contributed by atoms with E-state index in [0.717, 1.165) is 11.5 Å². The predicted octanol–water partition coefficient (Wildman–Crippen LogP) is 0.937. The summed E-state index contributed by atoms with van der Waals surface area (Å²) in [7, 11) is 5.25. The molecule has 12 heavy (non-hydrogen) atoms. The summed E-state index contributed by atoms with van der Waals surface area (Å²) in [5.74, 6) is 6.08. The van der Waals surface area contributed by atoms with E-state index in [1.165, 1.54) is 5.01 Å². The number of nitrogens with two attached hydrogens (primary N) is 1. The Hall–Kier alpha value is -0.900. The van der Waals surface area contributed by atoms with E-state index < -0.39 is 0 Å². The second-order valence-corrected chi connectivity index (χ2v) is 2.55. The average molecular weight is 172 g/mol. The number of hydrazine groups is 1. The number of hydrogen-bond donors (Lipinski definition) is 1. The first kappa shape index (κ1) is 13.7. The second-order valence-electron chi connectivity index (χ2n) is 2.55. The minimum atomic E-state index is 0.833. The third-order valence-corrected chi connectivity index (χ3v) is 1.28. The Bertz CT molecular complexity index is 154. The van der Waals surface area contributed by atoms with Crippen molar-refractivity contribution < 1.29 is 0 Å². The lowest BCUT2D eigenvalue weighted by Gasteiger charge is -2.08. The first-order valence-electron chi connectivity index (χ1n) is 3.77. The summed E-state index contributed by atoms with van der Waals surface area (Å²) in [6, 6.07) is 0. The van der Waals surface area contributed by atoms with Crippen LogP contribution in [0, 0.1) is 0 Å². The van der Waals surface area contributed by atoms with Gasteiger partial charge in [-0.3, -0.25) is 9.98 Å². The Kier molecular flexibility index (Phi) is 9.34. The van der Waals surface area contributed by atoms with Gasteiger partial charge < -0.3 is 5.01 Å². The quantitative estimate of drug-likeness (QED) is 0.256. The summed E-state index contributed by atoms with van der Waals surface area (Å²) in [5, 5.41) is 1.47. The fraction of sp³-hybridized carbons (Fsp3) is 0.750. The molecule has 0 bridgehead atoms. The van der Waals surface area contributed by atoms with Crippen LogP contribution in [0.5, 0.6) is 0 Å². The molecule has 72 valence electrons. The molecular formula is C8H20N4. The maximum Gasteiger partial charge on any atom is 0.109 e. The minimum Gasteiger partial charge on any atom is -0.302 e. The molecule has 0 heterocycles. The van der Waals surface area contributed by atoms with Crippen molar-refractivity contribution in [2.24, 2.45) is 15.8 Å². The minimum absolute atomic E-state index is 0.833. The lowest BCUT2D eigenvalue weighted by atomic mass is 10.5. The predicted molar refractivity (Wildman–Crippen MR) is 55.7 cm³/mol. The van der Waals surface area contributed by atoms with Crippen molar-refractivity contribution in [2.45, 2.75) is 20.8 Å². The molecular weight excluding hydrogens is 152 g/mol. The van der Waals surface area contributed by atoms with Crippen LogP contribution in [0.15, 0.2) is 9.98 Å². The lowest BCUT2D eigenvalue weighted by molar-refractivity contribution is 0.534. The Morgan fingerprint density at radius 1 is 1.08 bits per heavy atom. The van der Waals surface area contributed by atoms with E-state index >= 15 is 0 Å². The van der Waals surface area contributed by atoms with Gasteiger partial charge in [0.25, 0.3) is 0 Å². The van der Waals surface area contributed by atoms with Crippen molar-refractivity contribution in [3.05, 3.63) is 0 Å². The number of aliphatic imine (C=N–C) groups is 2. The molecule has 4 heteroatoms. The summed E-state index contributed by atoms with van der Waals surface area (Å²) in [4.78, 5) is 7.61. The molecule has 0 atom stereocenters. The highest BCUT2D eigenvalue weighted by Crippen LogP contribution is 1.72. The fourth-order valence-electron chi connectivity index (χ4n) is 0.158. The number of amidine groups is 1. The first-order valence-corrected chi connectivity index (χ1v) is 3.77. The Morgan fingerprint density at radius 2 is 1.42 bits per heavy atom. The smallest absolute Gasteiger partial charge is 0.109 e. The molecule has 0 fully saturated rings. The van der Waals surface area contributed by atoms with Crippen molar-refractivity contribution in [3.8, 4) is 0 Å². The van der Waals surface area contributed by atoms with Gasteiger partial charge in [0.2, 0.25) is 0 Å². The van der Waals surface area contributed by atoms with Gasteiger partial charge in [0.15, 0.2) is 0 Å². The van der Waals surface area contributed by atoms with Gasteiger partial charge in [-0.15, -0.1) is 0 Å². The molecule has 0 aliphatic rings. The molecule has 0 radical (unpaired) electrons. The summed E-state index contributed by atoms with van der Waals surface area (Å²) in [5.41, 5.74) is 1.13. The monoisotopic (exact) mass is 172 g/mol. The zero-order valence-electron chi connectivity index (χ0n) is 8.92. The van der Waals surface area contributed by atoms with E-state index in [4.69, 9.17) is 5.84 Å². The van der Waals surface area contributed by atoms with Gasteiger partial charge in [-0.25, -0.2) is 5.84 Å². The van der Waals surface area contributed by atoms with Crippen LogP contribution in [-0.2, 0) is 0 Å². The summed E-state index contributed by atoms with van der Waals surface area (Å²) >= 11 is 0. The van der Waals surface area contributed by atoms with Crippen molar-refractivity contribution >= 4 is 11.5 Å². The third-order valence-electron chi connectivity index (χ3n) is 1.28. The standard InChI is InChI=1S/C4H11N3.C4H9N/c1-4(6-2)7(3)5;1-4(2)5-3/h5H2,1-3H3;1-3H3. The van der Waals surface area contributed by atoms with E-state index in [-0.39, 0.29) is 0 Å². The fourth-order valence-corrected chi connectivity index (χ4v) is 0.158. The molecule has 0 saturated heterocycles. The molecule has 0 spiro atoms. The van der Waals surface area contributed by atoms with Gasteiger partial charge in [0.1, 0.15) is 5.84 Å². The molecule has 0 amide bonds. The van der Waals surface area contributed by atoms with Crippen LogP contribution in [0.2, 0.25) is 0 Å². The molecule has 0 aromatic heterocycles. The molecule has 0 saturated carbocycles. The molecule has 0 aromatic rings. The zero-order chi connectivity index (χ0) is 10.1. The van der Waals surface area contributed by atoms with Crippen LogP contribution in [0.25, 0.3) is 0 Å². The molecule has 0 unspecified atom stereocenters. The van der Waals surface area contributed by atoms with Gasteiger partial charge in [0.05, 0.1) is 0 Å². The number of nitrogens with zero attached hydrogens (tertiary/aromatic N) is 3. The SMILES string of the molecule is CN=C(C)C.CN=C(C)N(C)N. The van der Waals surface area contributed by atoms with Crippen LogP contribution in [0.3, 0.4) is 0 Å². The highest BCUT2D eigenvalue weighted by atomic mass is 15.4. The highest BCUT2D eigenvalue weighted by molar-refractivity contribution is 5.78. The topological polar surface area (TPSA) is 54.0 Å². The first-order chi connectivity index (χ1) is 5.45. The molecule has 0 rings (SSSR count). The van der Waals surface area contributed by atoms with E-state index in [1.54, 1.807) is 21.1 Å². The van der Waals surface area contributed by atoms with E-state index in [9.17, 15) is 0 Å². The molecule has 0 aliphatic heterocycles. The maximum absolute atomic E-state index is 5.25. The number of hydrogen-bond acceptors (Lipinski definition) is 3. The zero-order valence-corrected chi connectivity index (χ0v) is 8.92. The van der Waals surface area contributed by atoms with Crippen molar-refractivity contribution in [1.82, 2.24) is 5.01 Å². The van der Waals surface area contributed by atoms with Crippen molar-refractivity contribution in [3.63, 3.8) is 0 Å². The molecule has 2 N–H and O–H groups in total. The Balaban J connectivity index is 0. The maximum atomic E-state index is 5.25.